The van der Waals surface area contributed by atoms with Crippen LogP contribution >= 0.6 is 0 Å². The molecule has 2 aromatic rings. The summed E-state index contributed by atoms with van der Waals surface area (Å²) in [6, 6.07) is 0.359. The molecule has 1 atom stereocenters. The van der Waals surface area contributed by atoms with E-state index in [1.54, 1.807) is 12.4 Å². The number of aromatic nitrogens is 3. The van der Waals surface area contributed by atoms with Crippen LogP contribution in [-0.4, -0.2) is 20.4 Å². The Morgan fingerprint density at radius 2 is 2.19 bits per heavy atom. The lowest BCUT2D eigenvalue weighted by molar-refractivity contribution is 0.0919. The summed E-state index contributed by atoms with van der Waals surface area (Å²) in [6.07, 6.45) is 6.22. The van der Waals surface area contributed by atoms with Gasteiger partial charge in [0.05, 0.1) is 12.2 Å². The van der Waals surface area contributed by atoms with E-state index < -0.39 is 23.2 Å². The summed E-state index contributed by atoms with van der Waals surface area (Å²) in [4.78, 5) is 19.9. The molecule has 2 heterocycles. The van der Waals surface area contributed by atoms with E-state index in [2.05, 4.69) is 15.3 Å². The van der Waals surface area contributed by atoms with Crippen LogP contribution in [0.15, 0.2) is 24.7 Å². The van der Waals surface area contributed by atoms with Gasteiger partial charge in [0.1, 0.15) is 11.6 Å². The van der Waals surface area contributed by atoms with Gasteiger partial charge in [-0.25, -0.2) is 18.7 Å². The molecule has 1 aliphatic rings. The van der Waals surface area contributed by atoms with Crippen LogP contribution in [0, 0.1) is 17.6 Å². The number of aryl methyl sites for hydroxylation is 1. The van der Waals surface area contributed by atoms with Crippen LogP contribution in [0.2, 0.25) is 0 Å². The molecule has 1 saturated carbocycles. The van der Waals surface area contributed by atoms with Gasteiger partial charge in [0.15, 0.2) is 11.5 Å². The van der Waals surface area contributed by atoms with Crippen molar-refractivity contribution in [2.24, 2.45) is 13.0 Å². The molecule has 110 valence electrons. The number of nitrogens with one attached hydrogen (secondary N) is 1. The first kappa shape index (κ1) is 13.7. The Labute approximate surface area is 120 Å². The van der Waals surface area contributed by atoms with E-state index in [0.29, 0.717) is 17.8 Å². The highest BCUT2D eigenvalue weighted by Crippen LogP contribution is 2.40. The number of hydrogen-bond acceptors (Lipinski definition) is 3. The highest BCUT2D eigenvalue weighted by Gasteiger charge is 2.36. The molecule has 2 aromatic heterocycles. The zero-order chi connectivity index (χ0) is 15.0. The summed E-state index contributed by atoms with van der Waals surface area (Å²) in [5.41, 5.74) is -0.406. The van der Waals surface area contributed by atoms with Gasteiger partial charge < -0.3 is 9.88 Å². The third-order valence-electron chi connectivity index (χ3n) is 3.54. The quantitative estimate of drug-likeness (QED) is 0.937. The molecule has 3 rings (SSSR count). The Morgan fingerprint density at radius 1 is 1.43 bits per heavy atom. The second kappa shape index (κ2) is 5.23. The van der Waals surface area contributed by atoms with E-state index in [0.717, 1.165) is 19.0 Å². The minimum absolute atomic E-state index is 0.288. The normalized spacial score (nSPS) is 15.8. The number of rotatable bonds is 4. The van der Waals surface area contributed by atoms with Crippen LogP contribution in [0.1, 0.15) is 35.2 Å². The summed E-state index contributed by atoms with van der Waals surface area (Å²) in [5.74, 6) is -1.44. The van der Waals surface area contributed by atoms with Crippen molar-refractivity contribution in [2.45, 2.75) is 18.9 Å². The molecule has 0 unspecified atom stereocenters. The number of imidazole rings is 1. The Balaban J connectivity index is 1.83. The summed E-state index contributed by atoms with van der Waals surface area (Å²) >= 11 is 0. The smallest absolute Gasteiger partial charge is 0.273 e. The lowest BCUT2D eigenvalue weighted by Gasteiger charge is -2.18. The van der Waals surface area contributed by atoms with Gasteiger partial charge in [-0.2, -0.15) is 0 Å². The number of carbonyl (C=O) groups excluding carboxylic acids is 1. The van der Waals surface area contributed by atoms with Gasteiger partial charge in [0.2, 0.25) is 0 Å². The van der Waals surface area contributed by atoms with Gasteiger partial charge in [-0.15, -0.1) is 0 Å². The first-order valence-electron chi connectivity index (χ1n) is 6.65. The lowest BCUT2D eigenvalue weighted by Crippen LogP contribution is -2.32. The van der Waals surface area contributed by atoms with E-state index in [4.69, 9.17) is 0 Å². The largest absolute Gasteiger partial charge is 0.340 e. The molecular weight excluding hydrogens is 278 g/mol. The molecular formula is C14H14F2N4O. The topological polar surface area (TPSA) is 59.8 Å². The predicted octanol–water partition coefficient (Wildman–Crippen LogP) is 1.97. The Hall–Kier alpha value is -2.31. The summed E-state index contributed by atoms with van der Waals surface area (Å²) in [6.45, 7) is 0. The highest BCUT2D eigenvalue weighted by molar-refractivity contribution is 5.92. The van der Waals surface area contributed by atoms with E-state index >= 15 is 0 Å². The SMILES string of the molecule is Cn1ccnc1[C@@H](NC(=O)c1ncc(F)cc1F)C1CC1. The first-order valence-corrected chi connectivity index (χ1v) is 6.65. The maximum absolute atomic E-state index is 13.6. The van der Waals surface area contributed by atoms with E-state index in [-0.39, 0.29) is 6.04 Å². The van der Waals surface area contributed by atoms with Gasteiger partial charge in [0.25, 0.3) is 5.91 Å². The second-order valence-corrected chi connectivity index (χ2v) is 5.17. The fraction of sp³-hybridized carbons (Fsp3) is 0.357. The van der Waals surface area contributed by atoms with Crippen molar-refractivity contribution in [1.82, 2.24) is 19.9 Å². The third-order valence-corrected chi connectivity index (χ3v) is 3.54. The van der Waals surface area contributed by atoms with Crippen LogP contribution in [0.5, 0.6) is 0 Å². The van der Waals surface area contributed by atoms with Crippen molar-refractivity contribution < 1.29 is 13.6 Å². The molecule has 1 fully saturated rings. The van der Waals surface area contributed by atoms with Crippen molar-refractivity contribution in [3.05, 3.63) is 47.8 Å². The van der Waals surface area contributed by atoms with Crippen molar-refractivity contribution in [2.75, 3.05) is 0 Å². The van der Waals surface area contributed by atoms with Crippen molar-refractivity contribution in [1.29, 1.82) is 0 Å². The second-order valence-electron chi connectivity index (χ2n) is 5.17. The van der Waals surface area contributed by atoms with Crippen molar-refractivity contribution >= 4 is 5.91 Å². The van der Waals surface area contributed by atoms with E-state index in [1.807, 2.05) is 11.6 Å². The summed E-state index contributed by atoms with van der Waals surface area (Å²) < 4.78 is 28.3. The van der Waals surface area contributed by atoms with Gasteiger partial charge in [-0.1, -0.05) is 0 Å². The zero-order valence-corrected chi connectivity index (χ0v) is 11.4. The molecule has 0 radical (unpaired) electrons. The highest BCUT2D eigenvalue weighted by atomic mass is 19.1. The first-order chi connectivity index (χ1) is 10.1. The van der Waals surface area contributed by atoms with E-state index in [9.17, 15) is 13.6 Å². The molecule has 5 nitrogen and oxygen atoms in total. The Morgan fingerprint density at radius 3 is 2.76 bits per heavy atom. The predicted molar refractivity (Wildman–Crippen MR) is 70.3 cm³/mol. The minimum atomic E-state index is -0.970. The van der Waals surface area contributed by atoms with Crippen LogP contribution in [0.3, 0.4) is 0 Å². The van der Waals surface area contributed by atoms with Gasteiger partial charge in [0, 0.05) is 25.5 Å². The van der Waals surface area contributed by atoms with Gasteiger partial charge >= 0.3 is 0 Å². The fourth-order valence-electron chi connectivity index (χ4n) is 2.29. The number of carbonyl (C=O) groups is 1. The number of hydrogen-bond donors (Lipinski definition) is 1. The van der Waals surface area contributed by atoms with Crippen molar-refractivity contribution in [3.63, 3.8) is 0 Å². The average Bonchev–Trinajstić information content (AvgIpc) is 3.18. The minimum Gasteiger partial charge on any atom is -0.340 e. The Kier molecular flexibility index (Phi) is 3.40. The standard InChI is InChI=1S/C14H14F2N4O/c1-20-5-4-17-13(20)11(8-2-3-8)19-14(21)12-10(16)6-9(15)7-18-12/h4-8,11H,2-3H2,1H3,(H,19,21)/t11-/m0/s1. The molecule has 1 N–H and O–H groups in total. The average molecular weight is 292 g/mol. The summed E-state index contributed by atoms with van der Waals surface area (Å²) in [7, 11) is 1.83. The number of nitrogens with zero attached hydrogens (tertiary/aromatic N) is 3. The molecule has 0 aromatic carbocycles. The Bertz CT molecular complexity index is 681. The molecule has 1 amide bonds. The molecule has 7 heteroatoms. The number of halogens is 2. The lowest BCUT2D eigenvalue weighted by atomic mass is 10.1. The number of amides is 1. The summed E-state index contributed by atoms with van der Waals surface area (Å²) in [5, 5.41) is 2.75. The van der Waals surface area contributed by atoms with Crippen LogP contribution in [0.25, 0.3) is 0 Å². The monoisotopic (exact) mass is 292 g/mol. The molecule has 0 spiro atoms. The van der Waals surface area contributed by atoms with Gasteiger partial charge in [-0.05, 0) is 18.8 Å². The third kappa shape index (κ3) is 2.76. The van der Waals surface area contributed by atoms with Crippen LogP contribution in [0.4, 0.5) is 8.78 Å². The molecule has 1 aliphatic carbocycles. The van der Waals surface area contributed by atoms with Crippen molar-refractivity contribution in [3.8, 4) is 0 Å². The molecule has 0 bridgehead atoms. The van der Waals surface area contributed by atoms with Gasteiger partial charge in [-0.3, -0.25) is 4.79 Å². The molecule has 0 saturated heterocycles. The maximum atomic E-state index is 13.6. The van der Waals surface area contributed by atoms with Crippen LogP contribution < -0.4 is 5.32 Å². The fourth-order valence-corrected chi connectivity index (χ4v) is 2.29. The molecule has 0 aliphatic heterocycles. The van der Waals surface area contributed by atoms with E-state index in [1.165, 1.54) is 0 Å². The number of pyridine rings is 1. The zero-order valence-electron chi connectivity index (χ0n) is 11.4. The molecule has 21 heavy (non-hydrogen) atoms. The maximum Gasteiger partial charge on any atom is 0.273 e. The van der Waals surface area contributed by atoms with Crippen LogP contribution in [-0.2, 0) is 7.05 Å².